The van der Waals surface area contributed by atoms with Gasteiger partial charge >= 0.3 is 0 Å². The molecule has 128 valence electrons. The molecular formula is C17H20N2O3S2. The molecule has 1 amide bonds. The molecule has 3 rings (SSSR count). The molecular weight excluding hydrogens is 344 g/mol. The van der Waals surface area contributed by atoms with Gasteiger partial charge in [-0.1, -0.05) is 6.07 Å². The van der Waals surface area contributed by atoms with Crippen LogP contribution in [0.1, 0.15) is 34.3 Å². The summed E-state index contributed by atoms with van der Waals surface area (Å²) in [6, 6.07) is 6.89. The van der Waals surface area contributed by atoms with Gasteiger partial charge in [-0.3, -0.25) is 9.52 Å². The number of nitrogens with zero attached hydrogens (tertiary/aromatic N) is 1. The van der Waals surface area contributed by atoms with E-state index < -0.39 is 10.0 Å². The number of sulfonamides is 1. The SMILES string of the molecule is Cc1ccc(NS(=O)(=O)c2cc(C(=O)N3CCCC3)cs2)cc1C. The van der Waals surface area contributed by atoms with Gasteiger partial charge in [-0.15, -0.1) is 11.3 Å². The maximum absolute atomic E-state index is 12.5. The molecule has 1 fully saturated rings. The molecule has 0 aliphatic carbocycles. The molecule has 1 N–H and O–H groups in total. The maximum atomic E-state index is 12.5. The van der Waals surface area contributed by atoms with Crippen molar-refractivity contribution in [1.29, 1.82) is 0 Å². The highest BCUT2D eigenvalue weighted by molar-refractivity contribution is 7.94. The molecule has 1 aromatic heterocycles. The minimum absolute atomic E-state index is 0.0867. The Kier molecular flexibility index (Phi) is 4.64. The second-order valence-corrected chi connectivity index (χ2v) is 8.88. The van der Waals surface area contributed by atoms with Gasteiger partial charge in [0.25, 0.3) is 15.9 Å². The Balaban J connectivity index is 1.79. The van der Waals surface area contributed by atoms with Gasteiger partial charge in [0.2, 0.25) is 0 Å². The van der Waals surface area contributed by atoms with Gasteiger partial charge in [0.05, 0.1) is 5.56 Å². The van der Waals surface area contributed by atoms with E-state index in [1.807, 2.05) is 19.9 Å². The highest BCUT2D eigenvalue weighted by Gasteiger charge is 2.24. The van der Waals surface area contributed by atoms with Gasteiger partial charge in [0.1, 0.15) is 4.21 Å². The maximum Gasteiger partial charge on any atom is 0.271 e. The lowest BCUT2D eigenvalue weighted by Gasteiger charge is -2.13. The van der Waals surface area contributed by atoms with E-state index in [1.165, 1.54) is 6.07 Å². The Labute approximate surface area is 146 Å². The third-order valence-electron chi connectivity index (χ3n) is 4.24. The monoisotopic (exact) mass is 364 g/mol. The van der Waals surface area contributed by atoms with E-state index in [-0.39, 0.29) is 10.1 Å². The first-order valence-electron chi connectivity index (χ1n) is 7.85. The van der Waals surface area contributed by atoms with E-state index in [0.29, 0.717) is 11.3 Å². The summed E-state index contributed by atoms with van der Waals surface area (Å²) in [7, 11) is -3.68. The Morgan fingerprint density at radius 2 is 1.83 bits per heavy atom. The molecule has 0 bridgehead atoms. The lowest BCUT2D eigenvalue weighted by molar-refractivity contribution is 0.0793. The second-order valence-electron chi connectivity index (χ2n) is 6.06. The van der Waals surface area contributed by atoms with Crippen LogP contribution in [0, 0.1) is 13.8 Å². The number of aryl methyl sites for hydroxylation is 2. The fourth-order valence-corrected chi connectivity index (χ4v) is 4.89. The molecule has 0 saturated carbocycles. The summed E-state index contributed by atoms with van der Waals surface area (Å²) in [5.41, 5.74) is 3.10. The standard InChI is InChI=1S/C17H20N2O3S2/c1-12-5-6-15(9-13(12)2)18-24(21,22)16-10-14(11-23-16)17(20)19-7-3-4-8-19/h5-6,9-11,18H,3-4,7-8H2,1-2H3. The Morgan fingerprint density at radius 3 is 2.50 bits per heavy atom. The van der Waals surface area contributed by atoms with Crippen molar-refractivity contribution in [2.75, 3.05) is 17.8 Å². The van der Waals surface area contributed by atoms with Crippen LogP contribution in [0.25, 0.3) is 0 Å². The summed E-state index contributed by atoms with van der Waals surface area (Å²) in [6.45, 7) is 5.41. The predicted octanol–water partition coefficient (Wildman–Crippen LogP) is 3.40. The average molecular weight is 364 g/mol. The minimum Gasteiger partial charge on any atom is -0.339 e. The van der Waals surface area contributed by atoms with Crippen molar-refractivity contribution in [1.82, 2.24) is 4.90 Å². The molecule has 1 aliphatic rings. The third kappa shape index (κ3) is 3.47. The van der Waals surface area contributed by atoms with E-state index in [4.69, 9.17) is 0 Å². The summed E-state index contributed by atoms with van der Waals surface area (Å²) >= 11 is 1.07. The van der Waals surface area contributed by atoms with Gasteiger partial charge in [0.15, 0.2) is 0 Å². The second kappa shape index (κ2) is 6.57. The number of amides is 1. The van der Waals surface area contributed by atoms with Crippen LogP contribution in [0.3, 0.4) is 0 Å². The zero-order valence-electron chi connectivity index (χ0n) is 13.7. The molecule has 0 atom stereocenters. The molecule has 1 saturated heterocycles. The highest BCUT2D eigenvalue weighted by atomic mass is 32.2. The van der Waals surface area contributed by atoms with Gasteiger partial charge < -0.3 is 4.90 Å². The Bertz CT molecular complexity index is 866. The third-order valence-corrected chi connectivity index (χ3v) is 7.06. The van der Waals surface area contributed by atoms with Crippen molar-refractivity contribution in [3.63, 3.8) is 0 Å². The number of hydrogen-bond donors (Lipinski definition) is 1. The summed E-state index contributed by atoms with van der Waals surface area (Å²) in [4.78, 5) is 14.1. The first-order chi connectivity index (χ1) is 11.4. The fraction of sp³-hybridized carbons (Fsp3) is 0.353. The lowest BCUT2D eigenvalue weighted by atomic mass is 10.1. The van der Waals surface area contributed by atoms with Crippen molar-refractivity contribution in [2.24, 2.45) is 0 Å². The van der Waals surface area contributed by atoms with Crippen molar-refractivity contribution < 1.29 is 13.2 Å². The predicted molar refractivity (Wildman–Crippen MR) is 96.2 cm³/mol. The molecule has 2 aromatic rings. The molecule has 2 heterocycles. The van der Waals surface area contributed by atoms with Crippen molar-refractivity contribution in [3.05, 3.63) is 46.3 Å². The molecule has 24 heavy (non-hydrogen) atoms. The van der Waals surface area contributed by atoms with E-state index >= 15 is 0 Å². The van der Waals surface area contributed by atoms with Crippen molar-refractivity contribution in [3.8, 4) is 0 Å². The van der Waals surface area contributed by atoms with Crippen LogP contribution in [0.5, 0.6) is 0 Å². The van der Waals surface area contributed by atoms with Gasteiger partial charge in [-0.2, -0.15) is 0 Å². The van der Waals surface area contributed by atoms with Crippen LogP contribution in [0.4, 0.5) is 5.69 Å². The Morgan fingerprint density at radius 1 is 1.12 bits per heavy atom. The summed E-state index contributed by atoms with van der Waals surface area (Å²) in [5, 5.41) is 1.62. The molecule has 0 spiro atoms. The van der Waals surface area contributed by atoms with Gasteiger partial charge in [0, 0.05) is 24.2 Å². The lowest BCUT2D eigenvalue weighted by Crippen LogP contribution is -2.27. The number of anilines is 1. The normalized spacial score (nSPS) is 14.8. The number of thiophene rings is 1. The first kappa shape index (κ1) is 17.0. The molecule has 0 unspecified atom stereocenters. The van der Waals surface area contributed by atoms with Crippen LogP contribution in [0.15, 0.2) is 33.9 Å². The van der Waals surface area contributed by atoms with E-state index in [9.17, 15) is 13.2 Å². The van der Waals surface area contributed by atoms with E-state index in [1.54, 1.807) is 22.4 Å². The zero-order chi connectivity index (χ0) is 17.3. The summed E-state index contributed by atoms with van der Waals surface area (Å²) in [5.74, 6) is -0.0867. The highest BCUT2D eigenvalue weighted by Crippen LogP contribution is 2.25. The summed E-state index contributed by atoms with van der Waals surface area (Å²) < 4.78 is 27.8. The molecule has 1 aliphatic heterocycles. The van der Waals surface area contributed by atoms with Gasteiger partial charge in [-0.05, 0) is 56.0 Å². The number of benzene rings is 1. The fourth-order valence-electron chi connectivity index (χ4n) is 2.68. The van der Waals surface area contributed by atoms with E-state index in [0.717, 1.165) is 48.4 Å². The van der Waals surface area contributed by atoms with Crippen molar-refractivity contribution in [2.45, 2.75) is 30.9 Å². The largest absolute Gasteiger partial charge is 0.339 e. The van der Waals surface area contributed by atoms with Gasteiger partial charge in [-0.25, -0.2) is 8.42 Å². The number of carbonyl (C=O) groups is 1. The Hall–Kier alpha value is -1.86. The molecule has 0 radical (unpaired) electrons. The summed E-state index contributed by atoms with van der Waals surface area (Å²) in [6.07, 6.45) is 2.02. The quantitative estimate of drug-likeness (QED) is 0.904. The molecule has 7 heteroatoms. The minimum atomic E-state index is -3.68. The number of carbonyl (C=O) groups excluding carboxylic acids is 1. The number of nitrogens with one attached hydrogen (secondary N) is 1. The number of likely N-dealkylation sites (tertiary alicyclic amines) is 1. The number of hydrogen-bond acceptors (Lipinski definition) is 4. The van der Waals surface area contributed by atoms with Crippen LogP contribution in [0.2, 0.25) is 0 Å². The number of rotatable bonds is 4. The van der Waals surface area contributed by atoms with Crippen LogP contribution >= 0.6 is 11.3 Å². The molecule has 1 aromatic carbocycles. The zero-order valence-corrected chi connectivity index (χ0v) is 15.3. The van der Waals surface area contributed by atoms with Crippen molar-refractivity contribution >= 4 is 33.0 Å². The van der Waals surface area contributed by atoms with Crippen LogP contribution in [-0.4, -0.2) is 32.3 Å². The van der Waals surface area contributed by atoms with E-state index in [2.05, 4.69) is 4.72 Å². The average Bonchev–Trinajstić information content (AvgIpc) is 3.21. The topological polar surface area (TPSA) is 66.5 Å². The van der Waals surface area contributed by atoms with Crippen LogP contribution in [-0.2, 0) is 10.0 Å². The first-order valence-corrected chi connectivity index (χ1v) is 10.2. The van der Waals surface area contributed by atoms with Crippen LogP contribution < -0.4 is 4.72 Å². The molecule has 5 nitrogen and oxygen atoms in total. The smallest absolute Gasteiger partial charge is 0.271 e.